The van der Waals surface area contributed by atoms with E-state index >= 15 is 0 Å². The van der Waals surface area contributed by atoms with E-state index in [4.69, 9.17) is 10.8 Å². The number of aliphatic carboxylic acids is 1. The molecule has 6 heteroatoms. The summed E-state index contributed by atoms with van der Waals surface area (Å²) in [6, 6.07) is 7.17. The van der Waals surface area contributed by atoms with Crippen molar-refractivity contribution in [3.63, 3.8) is 0 Å². The summed E-state index contributed by atoms with van der Waals surface area (Å²) in [6.45, 7) is 0. The van der Waals surface area contributed by atoms with Crippen LogP contribution in [0.5, 0.6) is 0 Å². The molecule has 96 valence electrons. The Labute approximate surface area is 104 Å². The Kier molecular flexibility index (Phi) is 5.01. The van der Waals surface area contributed by atoms with Gasteiger partial charge in [-0.05, 0) is 18.6 Å². The van der Waals surface area contributed by atoms with Crippen LogP contribution in [0.15, 0.2) is 30.3 Å². The second-order valence-electron chi connectivity index (χ2n) is 3.73. The van der Waals surface area contributed by atoms with E-state index in [1.807, 2.05) is 0 Å². The molecule has 0 saturated heterocycles. The van der Waals surface area contributed by atoms with Gasteiger partial charge < -0.3 is 10.8 Å². The van der Waals surface area contributed by atoms with Gasteiger partial charge in [0.05, 0.1) is 0 Å². The second-order valence-corrected chi connectivity index (χ2v) is 3.73. The lowest BCUT2D eigenvalue weighted by molar-refractivity contribution is -0.138. The second kappa shape index (κ2) is 6.51. The van der Waals surface area contributed by atoms with Crippen molar-refractivity contribution < 1.29 is 19.5 Å². The minimum atomic E-state index is -1.17. The predicted molar refractivity (Wildman–Crippen MR) is 63.8 cm³/mol. The molecule has 0 fully saturated rings. The fraction of sp³-hybridized carbons (Fsp3) is 0.250. The van der Waals surface area contributed by atoms with Crippen LogP contribution in [0.1, 0.15) is 23.2 Å². The van der Waals surface area contributed by atoms with Crippen molar-refractivity contribution in [1.29, 1.82) is 0 Å². The number of nitrogens with two attached hydrogens (primary N) is 1. The van der Waals surface area contributed by atoms with Gasteiger partial charge in [0.15, 0.2) is 0 Å². The SMILES string of the molecule is NC(CCC(=O)NC(=O)c1ccccc1)C(=O)O. The lowest BCUT2D eigenvalue weighted by Gasteiger charge is -2.06. The minimum Gasteiger partial charge on any atom is -0.480 e. The number of carbonyl (C=O) groups excluding carboxylic acids is 2. The molecule has 0 spiro atoms. The maximum Gasteiger partial charge on any atom is 0.320 e. The van der Waals surface area contributed by atoms with Gasteiger partial charge in [-0.25, -0.2) is 0 Å². The average Bonchev–Trinajstić information content (AvgIpc) is 2.36. The van der Waals surface area contributed by atoms with E-state index in [0.717, 1.165) is 0 Å². The predicted octanol–water partition coefficient (Wildman–Crippen LogP) is 0.135. The molecule has 0 aromatic heterocycles. The van der Waals surface area contributed by atoms with Crippen molar-refractivity contribution >= 4 is 17.8 Å². The number of imide groups is 1. The van der Waals surface area contributed by atoms with Crippen LogP contribution in [0.25, 0.3) is 0 Å². The van der Waals surface area contributed by atoms with Crippen LogP contribution < -0.4 is 11.1 Å². The van der Waals surface area contributed by atoms with Gasteiger partial charge in [0.25, 0.3) is 5.91 Å². The molecule has 18 heavy (non-hydrogen) atoms. The van der Waals surface area contributed by atoms with E-state index in [1.165, 1.54) is 0 Å². The number of carbonyl (C=O) groups is 3. The van der Waals surface area contributed by atoms with Crippen LogP contribution in [-0.4, -0.2) is 28.9 Å². The van der Waals surface area contributed by atoms with Gasteiger partial charge in [-0.3, -0.25) is 19.7 Å². The Balaban J connectivity index is 2.41. The minimum absolute atomic E-state index is 0.0107. The van der Waals surface area contributed by atoms with Crippen LogP contribution in [0.3, 0.4) is 0 Å². The molecule has 4 N–H and O–H groups in total. The zero-order valence-corrected chi connectivity index (χ0v) is 9.63. The van der Waals surface area contributed by atoms with E-state index in [9.17, 15) is 14.4 Å². The zero-order valence-electron chi connectivity index (χ0n) is 9.63. The van der Waals surface area contributed by atoms with Gasteiger partial charge >= 0.3 is 5.97 Å². The first-order chi connectivity index (χ1) is 8.50. The number of benzene rings is 1. The molecule has 0 heterocycles. The quantitative estimate of drug-likeness (QED) is 0.688. The maximum atomic E-state index is 11.6. The summed E-state index contributed by atoms with van der Waals surface area (Å²) < 4.78 is 0. The van der Waals surface area contributed by atoms with E-state index in [0.29, 0.717) is 5.56 Å². The van der Waals surface area contributed by atoms with Gasteiger partial charge in [0, 0.05) is 12.0 Å². The molecule has 1 atom stereocenters. The Morgan fingerprint density at radius 1 is 1.22 bits per heavy atom. The first-order valence-corrected chi connectivity index (χ1v) is 5.38. The maximum absolute atomic E-state index is 11.6. The summed E-state index contributed by atoms with van der Waals surface area (Å²) >= 11 is 0. The lowest BCUT2D eigenvalue weighted by atomic mass is 10.1. The van der Waals surface area contributed by atoms with Gasteiger partial charge in [-0.1, -0.05) is 18.2 Å². The number of amides is 2. The van der Waals surface area contributed by atoms with Crippen molar-refractivity contribution in [2.75, 3.05) is 0 Å². The highest BCUT2D eigenvalue weighted by atomic mass is 16.4. The summed E-state index contributed by atoms with van der Waals surface area (Å²) in [5.41, 5.74) is 5.61. The van der Waals surface area contributed by atoms with Crippen LogP contribution >= 0.6 is 0 Å². The number of hydrogen-bond donors (Lipinski definition) is 3. The molecule has 0 aliphatic carbocycles. The van der Waals surface area contributed by atoms with Gasteiger partial charge in [0.2, 0.25) is 5.91 Å². The molecule has 1 rings (SSSR count). The van der Waals surface area contributed by atoms with Gasteiger partial charge in [-0.2, -0.15) is 0 Å². The van der Waals surface area contributed by atoms with E-state index in [1.54, 1.807) is 30.3 Å². The number of nitrogens with one attached hydrogen (secondary N) is 1. The fourth-order valence-corrected chi connectivity index (χ4v) is 1.26. The van der Waals surface area contributed by atoms with Crippen LogP contribution in [0.4, 0.5) is 0 Å². The summed E-state index contributed by atoms with van der Waals surface area (Å²) in [6.07, 6.45) is -0.116. The van der Waals surface area contributed by atoms with Gasteiger partial charge in [-0.15, -0.1) is 0 Å². The first-order valence-electron chi connectivity index (χ1n) is 5.38. The van der Waals surface area contributed by atoms with Crippen LogP contribution in [0, 0.1) is 0 Å². The molecule has 6 nitrogen and oxygen atoms in total. The number of carboxylic acids is 1. The zero-order chi connectivity index (χ0) is 13.5. The number of hydrogen-bond acceptors (Lipinski definition) is 4. The number of rotatable bonds is 5. The molecule has 1 unspecified atom stereocenters. The van der Waals surface area contributed by atoms with Crippen molar-refractivity contribution in [3.8, 4) is 0 Å². The van der Waals surface area contributed by atoms with Crippen molar-refractivity contribution in [1.82, 2.24) is 5.32 Å². The Morgan fingerprint density at radius 2 is 1.83 bits per heavy atom. The molecule has 1 aromatic rings. The topological polar surface area (TPSA) is 109 Å². The molecule has 0 radical (unpaired) electrons. The molecule has 2 amide bonds. The Morgan fingerprint density at radius 3 is 2.39 bits per heavy atom. The van der Waals surface area contributed by atoms with Crippen LogP contribution in [0.2, 0.25) is 0 Å². The highest BCUT2D eigenvalue weighted by molar-refractivity contribution is 6.04. The highest BCUT2D eigenvalue weighted by Gasteiger charge is 2.15. The summed E-state index contributed by atoms with van der Waals surface area (Å²) in [5, 5.41) is 10.7. The fourth-order valence-electron chi connectivity index (χ4n) is 1.26. The standard InChI is InChI=1S/C12H14N2O4/c13-9(12(17)18)6-7-10(15)14-11(16)8-4-2-1-3-5-8/h1-5,9H,6-7,13H2,(H,17,18)(H,14,15,16). The largest absolute Gasteiger partial charge is 0.480 e. The lowest BCUT2D eigenvalue weighted by Crippen LogP contribution is -2.34. The summed E-state index contributed by atoms with van der Waals surface area (Å²) in [7, 11) is 0. The smallest absolute Gasteiger partial charge is 0.320 e. The van der Waals surface area contributed by atoms with E-state index in [-0.39, 0.29) is 12.8 Å². The molecular weight excluding hydrogens is 236 g/mol. The average molecular weight is 250 g/mol. The molecule has 0 aliphatic heterocycles. The third-order valence-electron chi connectivity index (χ3n) is 2.29. The molecule has 0 aliphatic rings. The number of carboxylic acid groups (broad SMARTS) is 1. The van der Waals surface area contributed by atoms with Crippen molar-refractivity contribution in [2.24, 2.45) is 5.73 Å². The van der Waals surface area contributed by atoms with Crippen molar-refractivity contribution in [3.05, 3.63) is 35.9 Å². The third-order valence-corrected chi connectivity index (χ3v) is 2.29. The van der Waals surface area contributed by atoms with Gasteiger partial charge in [0.1, 0.15) is 6.04 Å². The van der Waals surface area contributed by atoms with E-state index < -0.39 is 23.8 Å². The molecule has 0 saturated carbocycles. The summed E-state index contributed by atoms with van der Waals surface area (Å²) in [4.78, 5) is 33.4. The third kappa shape index (κ3) is 4.34. The highest BCUT2D eigenvalue weighted by Crippen LogP contribution is 1.99. The molecular formula is C12H14N2O4. The Hall–Kier alpha value is -2.21. The molecule has 1 aromatic carbocycles. The molecule has 0 bridgehead atoms. The monoisotopic (exact) mass is 250 g/mol. The first kappa shape index (κ1) is 13.9. The Bertz CT molecular complexity index is 445. The van der Waals surface area contributed by atoms with Crippen molar-refractivity contribution in [2.45, 2.75) is 18.9 Å². The van der Waals surface area contributed by atoms with E-state index in [2.05, 4.69) is 5.32 Å². The van der Waals surface area contributed by atoms with Crippen LogP contribution in [-0.2, 0) is 9.59 Å². The summed E-state index contributed by atoms with van der Waals surface area (Å²) in [5.74, 6) is -2.22. The normalized spacial score (nSPS) is 11.6.